The quantitative estimate of drug-likeness (QED) is 0.222. The van der Waals surface area contributed by atoms with Crippen LogP contribution < -0.4 is 10.6 Å². The Bertz CT molecular complexity index is 1680. The molecule has 0 bridgehead atoms. The lowest BCUT2D eigenvalue weighted by atomic mass is 10.1. The molecule has 0 radical (unpaired) electrons. The zero-order chi connectivity index (χ0) is 24.6. The molecule has 0 aliphatic carbocycles. The molecule has 4 aromatic carbocycles. The third-order valence-electron chi connectivity index (χ3n) is 6.40. The Kier molecular flexibility index (Phi) is 5.22. The number of H-pyrrole nitrogens is 2. The van der Waals surface area contributed by atoms with Gasteiger partial charge in [-0.15, -0.1) is 0 Å². The van der Waals surface area contributed by atoms with Gasteiger partial charge in [-0.25, -0.2) is 14.8 Å². The summed E-state index contributed by atoms with van der Waals surface area (Å²) in [6.45, 7) is 4.17. The van der Waals surface area contributed by atoms with E-state index in [1.165, 1.54) is 11.1 Å². The van der Waals surface area contributed by atoms with Crippen LogP contribution in [0.1, 0.15) is 11.1 Å². The van der Waals surface area contributed by atoms with Gasteiger partial charge in [-0.1, -0.05) is 18.2 Å². The number of nitrogens with one attached hydrogen (secondary N) is 4. The Labute approximate surface area is 207 Å². The number of aryl methyl sites for hydroxylation is 2. The van der Waals surface area contributed by atoms with E-state index < -0.39 is 0 Å². The van der Waals surface area contributed by atoms with Gasteiger partial charge in [-0.3, -0.25) is 0 Å². The highest BCUT2D eigenvalue weighted by Gasteiger charge is 2.10. The molecule has 2 amide bonds. The van der Waals surface area contributed by atoms with Crippen molar-refractivity contribution >= 4 is 39.5 Å². The number of amides is 2. The molecule has 2 aromatic heterocycles. The minimum Gasteiger partial charge on any atom is -0.338 e. The van der Waals surface area contributed by atoms with E-state index >= 15 is 0 Å². The van der Waals surface area contributed by atoms with E-state index in [0.717, 1.165) is 44.8 Å². The Morgan fingerprint density at radius 1 is 0.667 bits per heavy atom. The van der Waals surface area contributed by atoms with Crippen molar-refractivity contribution < 1.29 is 4.79 Å². The number of hydrogen-bond acceptors (Lipinski definition) is 3. The number of anilines is 2. The van der Waals surface area contributed by atoms with Gasteiger partial charge >= 0.3 is 6.03 Å². The van der Waals surface area contributed by atoms with Gasteiger partial charge in [-0.05, 0) is 91.7 Å². The molecule has 0 unspecified atom stereocenters. The third kappa shape index (κ3) is 4.07. The topological polar surface area (TPSA) is 98.5 Å². The van der Waals surface area contributed by atoms with Gasteiger partial charge in [0.2, 0.25) is 0 Å². The van der Waals surface area contributed by atoms with E-state index in [1.54, 1.807) is 0 Å². The lowest BCUT2D eigenvalue weighted by molar-refractivity contribution is 0.262. The number of nitrogens with zero attached hydrogens (tertiary/aromatic N) is 2. The van der Waals surface area contributed by atoms with Crippen LogP contribution in [0.2, 0.25) is 0 Å². The van der Waals surface area contributed by atoms with Crippen molar-refractivity contribution in [2.45, 2.75) is 13.8 Å². The summed E-state index contributed by atoms with van der Waals surface area (Å²) in [5, 5.41) is 5.75. The Morgan fingerprint density at radius 2 is 1.25 bits per heavy atom. The molecule has 7 nitrogen and oxygen atoms in total. The van der Waals surface area contributed by atoms with E-state index in [-0.39, 0.29) is 6.03 Å². The fourth-order valence-corrected chi connectivity index (χ4v) is 4.26. The number of para-hydroxylation sites is 2. The Balaban J connectivity index is 1.12. The van der Waals surface area contributed by atoms with Crippen LogP contribution in [-0.4, -0.2) is 26.0 Å². The molecule has 6 aromatic rings. The van der Waals surface area contributed by atoms with E-state index in [2.05, 4.69) is 51.6 Å². The molecule has 0 fully saturated rings. The summed E-state index contributed by atoms with van der Waals surface area (Å²) in [7, 11) is 0. The molecule has 4 N–H and O–H groups in total. The van der Waals surface area contributed by atoms with Gasteiger partial charge in [0.25, 0.3) is 0 Å². The lowest BCUT2D eigenvalue weighted by Gasteiger charge is -2.08. The van der Waals surface area contributed by atoms with Gasteiger partial charge in [0.15, 0.2) is 0 Å². The number of hydrogen-bond donors (Lipinski definition) is 4. The summed E-state index contributed by atoms with van der Waals surface area (Å²) < 4.78 is 0. The van der Waals surface area contributed by atoms with Crippen LogP contribution >= 0.6 is 0 Å². The molecule has 0 saturated heterocycles. The molecule has 0 spiro atoms. The number of carbonyl (C=O) groups excluding carboxylic acids is 1. The molecule has 7 heteroatoms. The molecule has 36 heavy (non-hydrogen) atoms. The largest absolute Gasteiger partial charge is 0.338 e. The first-order valence-electron chi connectivity index (χ1n) is 11.7. The second kappa shape index (κ2) is 8.70. The summed E-state index contributed by atoms with van der Waals surface area (Å²) >= 11 is 0. The number of benzene rings is 4. The Hall–Kier alpha value is -4.91. The smallest absolute Gasteiger partial charge is 0.323 e. The monoisotopic (exact) mass is 472 g/mol. The van der Waals surface area contributed by atoms with E-state index in [4.69, 9.17) is 4.98 Å². The van der Waals surface area contributed by atoms with Crippen molar-refractivity contribution in [2.75, 3.05) is 10.6 Å². The molecule has 2 heterocycles. The standard InChI is InChI=1S/C29H24N6O/c1-17-7-16-25-26(18(17)2)35-28(34-25)20-10-14-22(15-11-20)31-29(36)30-21-12-8-19(9-13-21)27-32-23-5-3-4-6-24(23)33-27/h3-16H,1-2H3,(H,32,33)(H,34,35)(H2,30,31,36). The molecular weight excluding hydrogens is 448 g/mol. The molecule has 6 rings (SSSR count). The van der Waals surface area contributed by atoms with E-state index in [9.17, 15) is 4.79 Å². The van der Waals surface area contributed by atoms with Crippen molar-refractivity contribution in [3.05, 3.63) is 96.1 Å². The molecule has 0 saturated carbocycles. The van der Waals surface area contributed by atoms with Crippen molar-refractivity contribution in [3.8, 4) is 22.8 Å². The maximum Gasteiger partial charge on any atom is 0.323 e. The lowest BCUT2D eigenvalue weighted by Crippen LogP contribution is -2.19. The van der Waals surface area contributed by atoms with Crippen LogP contribution in [0.25, 0.3) is 44.8 Å². The SMILES string of the molecule is Cc1ccc2[nH]c(-c3ccc(NC(=O)Nc4ccc(-c5nc6ccccc6[nH]5)cc4)cc3)nc2c1C. The average Bonchev–Trinajstić information content (AvgIpc) is 3.52. The van der Waals surface area contributed by atoms with Crippen LogP contribution in [0.5, 0.6) is 0 Å². The highest BCUT2D eigenvalue weighted by molar-refractivity contribution is 6.00. The maximum atomic E-state index is 12.5. The number of urea groups is 1. The normalized spacial score (nSPS) is 11.2. The maximum absolute atomic E-state index is 12.5. The van der Waals surface area contributed by atoms with Crippen LogP contribution in [0.15, 0.2) is 84.9 Å². The van der Waals surface area contributed by atoms with Crippen LogP contribution in [0, 0.1) is 13.8 Å². The second-order valence-corrected chi connectivity index (χ2v) is 8.83. The van der Waals surface area contributed by atoms with Gasteiger partial charge in [0.05, 0.1) is 22.1 Å². The third-order valence-corrected chi connectivity index (χ3v) is 6.40. The summed E-state index contributed by atoms with van der Waals surface area (Å²) in [5.41, 5.74) is 9.59. The van der Waals surface area contributed by atoms with Crippen molar-refractivity contribution in [2.24, 2.45) is 0 Å². The zero-order valence-corrected chi connectivity index (χ0v) is 19.9. The number of carbonyl (C=O) groups is 1. The van der Waals surface area contributed by atoms with Gasteiger partial charge < -0.3 is 20.6 Å². The van der Waals surface area contributed by atoms with Crippen molar-refractivity contribution in [1.82, 2.24) is 19.9 Å². The average molecular weight is 473 g/mol. The second-order valence-electron chi connectivity index (χ2n) is 8.83. The number of aromatic amines is 2. The van der Waals surface area contributed by atoms with Crippen molar-refractivity contribution in [3.63, 3.8) is 0 Å². The molecule has 0 atom stereocenters. The first kappa shape index (κ1) is 21.6. The van der Waals surface area contributed by atoms with Gasteiger partial charge in [0, 0.05) is 22.5 Å². The first-order chi connectivity index (χ1) is 17.5. The summed E-state index contributed by atoms with van der Waals surface area (Å²) in [4.78, 5) is 28.6. The predicted octanol–water partition coefficient (Wildman–Crippen LogP) is 7.03. The fraction of sp³-hybridized carbons (Fsp3) is 0.0690. The minimum absolute atomic E-state index is 0.311. The number of aromatic nitrogens is 4. The minimum atomic E-state index is -0.311. The van der Waals surface area contributed by atoms with Gasteiger partial charge in [-0.2, -0.15) is 0 Å². The number of imidazole rings is 2. The highest BCUT2D eigenvalue weighted by Crippen LogP contribution is 2.26. The first-order valence-corrected chi connectivity index (χ1v) is 11.7. The summed E-state index contributed by atoms with van der Waals surface area (Å²) in [5.74, 6) is 1.60. The molecule has 0 aliphatic rings. The van der Waals surface area contributed by atoms with E-state index in [1.807, 2.05) is 72.8 Å². The molecule has 176 valence electrons. The number of rotatable bonds is 4. The van der Waals surface area contributed by atoms with Gasteiger partial charge in [0.1, 0.15) is 11.6 Å². The highest BCUT2D eigenvalue weighted by atomic mass is 16.2. The predicted molar refractivity (Wildman–Crippen MR) is 145 cm³/mol. The van der Waals surface area contributed by atoms with E-state index in [0.29, 0.717) is 11.4 Å². The fourth-order valence-electron chi connectivity index (χ4n) is 4.26. The number of fused-ring (bicyclic) bond motifs is 2. The van der Waals surface area contributed by atoms with Crippen LogP contribution in [0.3, 0.4) is 0 Å². The molecular formula is C29H24N6O. The zero-order valence-electron chi connectivity index (χ0n) is 19.9. The van der Waals surface area contributed by atoms with Crippen molar-refractivity contribution in [1.29, 1.82) is 0 Å². The van der Waals surface area contributed by atoms with Crippen LogP contribution in [-0.2, 0) is 0 Å². The van der Waals surface area contributed by atoms with Crippen LogP contribution in [0.4, 0.5) is 16.2 Å². The molecule has 0 aliphatic heterocycles. The summed E-state index contributed by atoms with van der Waals surface area (Å²) in [6, 6.07) is 26.9. The summed E-state index contributed by atoms with van der Waals surface area (Å²) in [6.07, 6.45) is 0. The Morgan fingerprint density at radius 3 is 1.89 bits per heavy atom.